The summed E-state index contributed by atoms with van der Waals surface area (Å²) in [5.41, 5.74) is 3.46. The first-order valence-corrected chi connectivity index (χ1v) is 11.2. The Balaban J connectivity index is 0.00000320. The van der Waals surface area contributed by atoms with E-state index in [9.17, 15) is 4.79 Å². The lowest BCUT2D eigenvalue weighted by molar-refractivity contribution is -0.128. The van der Waals surface area contributed by atoms with Crippen molar-refractivity contribution in [3.8, 4) is 0 Å². The van der Waals surface area contributed by atoms with Crippen molar-refractivity contribution in [3.05, 3.63) is 51.0 Å². The number of aryl methyl sites for hydroxylation is 2. The number of rotatable bonds is 8. The lowest BCUT2D eigenvalue weighted by Gasteiger charge is -2.15. The first kappa shape index (κ1) is 24.6. The number of benzene rings is 1. The van der Waals surface area contributed by atoms with Crippen molar-refractivity contribution in [1.29, 1.82) is 0 Å². The van der Waals surface area contributed by atoms with Gasteiger partial charge < -0.3 is 15.5 Å². The minimum atomic E-state index is 0. The van der Waals surface area contributed by atoms with Crippen LogP contribution in [0.4, 0.5) is 0 Å². The number of guanidine groups is 1. The molecule has 0 spiro atoms. The number of nitrogens with zero attached hydrogens (tertiary/aromatic N) is 3. The van der Waals surface area contributed by atoms with Crippen LogP contribution >= 0.6 is 35.3 Å². The van der Waals surface area contributed by atoms with Gasteiger partial charge in [0.05, 0.1) is 17.2 Å². The molecule has 1 aliphatic heterocycles. The molecule has 1 amide bonds. The standard InChI is InChI=1S/C22H31N5OS.HI/c1-4-23-22(24-12-11-20-26-16(2)17(3)29-20)25-14-18-7-9-19(10-8-18)15-27-13-5-6-21(27)28;/h7-10H,4-6,11-15H2,1-3H3,(H2,23,24,25);1H. The Kier molecular flexibility index (Phi) is 10.0. The Morgan fingerprint density at radius 2 is 1.93 bits per heavy atom. The van der Waals surface area contributed by atoms with Gasteiger partial charge in [-0.25, -0.2) is 9.98 Å². The fourth-order valence-electron chi connectivity index (χ4n) is 3.29. The fraction of sp³-hybridized carbons (Fsp3) is 0.500. The highest BCUT2D eigenvalue weighted by Gasteiger charge is 2.19. The summed E-state index contributed by atoms with van der Waals surface area (Å²) in [4.78, 5) is 24.3. The molecule has 164 valence electrons. The summed E-state index contributed by atoms with van der Waals surface area (Å²) in [5.74, 6) is 1.09. The van der Waals surface area contributed by atoms with Gasteiger partial charge in [0.2, 0.25) is 5.91 Å². The smallest absolute Gasteiger partial charge is 0.222 e. The molecule has 6 nitrogen and oxygen atoms in total. The number of thiazole rings is 1. The summed E-state index contributed by atoms with van der Waals surface area (Å²) in [7, 11) is 0. The largest absolute Gasteiger partial charge is 0.357 e. The molecule has 8 heteroatoms. The van der Waals surface area contributed by atoms with Crippen LogP contribution in [0.5, 0.6) is 0 Å². The Hall–Kier alpha value is -1.68. The monoisotopic (exact) mass is 541 g/mol. The number of carbonyl (C=O) groups is 1. The number of carbonyl (C=O) groups excluding carboxylic acids is 1. The van der Waals surface area contributed by atoms with E-state index in [-0.39, 0.29) is 29.9 Å². The molecule has 0 unspecified atom stereocenters. The van der Waals surface area contributed by atoms with E-state index in [1.54, 1.807) is 11.3 Å². The van der Waals surface area contributed by atoms with Crippen LogP contribution in [0.1, 0.15) is 46.5 Å². The Morgan fingerprint density at radius 1 is 1.20 bits per heavy atom. The molecule has 1 aromatic heterocycles. The van der Waals surface area contributed by atoms with Crippen molar-refractivity contribution in [2.45, 2.75) is 53.1 Å². The Morgan fingerprint density at radius 3 is 2.53 bits per heavy atom. The molecule has 2 aromatic rings. The minimum Gasteiger partial charge on any atom is -0.357 e. The van der Waals surface area contributed by atoms with E-state index in [2.05, 4.69) is 60.7 Å². The Bertz CT molecular complexity index is 830. The predicted octanol–water partition coefficient (Wildman–Crippen LogP) is 3.80. The molecule has 0 atom stereocenters. The molecular formula is C22H32IN5OS. The van der Waals surface area contributed by atoms with Gasteiger partial charge in [0.1, 0.15) is 0 Å². The second-order valence-electron chi connectivity index (χ2n) is 7.36. The quantitative estimate of drug-likeness (QED) is 0.303. The minimum absolute atomic E-state index is 0. The lowest BCUT2D eigenvalue weighted by atomic mass is 10.1. The average molecular weight is 542 g/mol. The van der Waals surface area contributed by atoms with Gasteiger partial charge >= 0.3 is 0 Å². The third-order valence-corrected chi connectivity index (χ3v) is 6.17. The van der Waals surface area contributed by atoms with E-state index in [0.29, 0.717) is 19.5 Å². The van der Waals surface area contributed by atoms with Crippen molar-refractivity contribution in [1.82, 2.24) is 20.5 Å². The molecule has 0 saturated carbocycles. The summed E-state index contributed by atoms with van der Waals surface area (Å²) in [5, 5.41) is 7.85. The highest BCUT2D eigenvalue weighted by atomic mass is 127. The molecule has 2 heterocycles. The van der Waals surface area contributed by atoms with Crippen LogP contribution in [-0.2, 0) is 24.3 Å². The molecule has 1 aromatic carbocycles. The molecule has 0 bridgehead atoms. The zero-order chi connectivity index (χ0) is 20.6. The Labute approximate surface area is 200 Å². The van der Waals surface area contributed by atoms with E-state index >= 15 is 0 Å². The number of aliphatic imine (C=N–C) groups is 1. The van der Waals surface area contributed by atoms with Crippen LogP contribution in [-0.4, -0.2) is 41.4 Å². The van der Waals surface area contributed by atoms with Crippen molar-refractivity contribution in [3.63, 3.8) is 0 Å². The molecule has 1 aliphatic rings. The van der Waals surface area contributed by atoms with Crippen molar-refractivity contribution in [2.75, 3.05) is 19.6 Å². The molecule has 1 fully saturated rings. The van der Waals surface area contributed by atoms with Crippen molar-refractivity contribution in [2.24, 2.45) is 4.99 Å². The number of halogens is 1. The third-order valence-electron chi connectivity index (χ3n) is 5.04. The molecular weight excluding hydrogens is 509 g/mol. The first-order chi connectivity index (χ1) is 14.0. The number of likely N-dealkylation sites (tertiary alicyclic amines) is 1. The molecule has 30 heavy (non-hydrogen) atoms. The normalized spacial score (nSPS) is 14.0. The molecule has 3 rings (SSSR count). The average Bonchev–Trinajstić information content (AvgIpc) is 3.25. The van der Waals surface area contributed by atoms with E-state index in [4.69, 9.17) is 4.99 Å². The number of hydrogen-bond acceptors (Lipinski definition) is 4. The SMILES string of the molecule is CCNC(=NCc1ccc(CN2CCCC2=O)cc1)NCCc1nc(C)c(C)s1.I. The number of hydrogen-bond donors (Lipinski definition) is 2. The zero-order valence-corrected chi connectivity index (χ0v) is 21.2. The van der Waals surface area contributed by atoms with Gasteiger partial charge in [-0.1, -0.05) is 24.3 Å². The second-order valence-corrected chi connectivity index (χ2v) is 8.64. The molecule has 0 radical (unpaired) electrons. The summed E-state index contributed by atoms with van der Waals surface area (Å²) in [6, 6.07) is 8.40. The van der Waals surface area contributed by atoms with Gasteiger partial charge in [0.25, 0.3) is 0 Å². The van der Waals surface area contributed by atoms with Gasteiger partial charge in [0, 0.05) is 43.9 Å². The van der Waals surface area contributed by atoms with Crippen LogP contribution in [0.3, 0.4) is 0 Å². The predicted molar refractivity (Wildman–Crippen MR) is 135 cm³/mol. The van der Waals surface area contributed by atoms with E-state index < -0.39 is 0 Å². The molecule has 2 N–H and O–H groups in total. The van der Waals surface area contributed by atoms with Gasteiger partial charge in [-0.15, -0.1) is 35.3 Å². The van der Waals surface area contributed by atoms with Crippen LogP contribution < -0.4 is 10.6 Å². The highest BCUT2D eigenvalue weighted by molar-refractivity contribution is 14.0. The van der Waals surface area contributed by atoms with Crippen molar-refractivity contribution >= 4 is 47.2 Å². The topological polar surface area (TPSA) is 69.6 Å². The van der Waals surface area contributed by atoms with E-state index in [0.717, 1.165) is 54.7 Å². The summed E-state index contributed by atoms with van der Waals surface area (Å²) < 4.78 is 0. The first-order valence-electron chi connectivity index (χ1n) is 10.4. The summed E-state index contributed by atoms with van der Waals surface area (Å²) in [6.45, 7) is 10.1. The van der Waals surface area contributed by atoms with E-state index in [1.165, 1.54) is 10.4 Å². The number of aromatic nitrogens is 1. The highest BCUT2D eigenvalue weighted by Crippen LogP contribution is 2.17. The molecule has 1 saturated heterocycles. The van der Waals surface area contributed by atoms with E-state index in [1.807, 2.05) is 4.90 Å². The third kappa shape index (κ3) is 7.23. The van der Waals surface area contributed by atoms with Gasteiger partial charge in [-0.3, -0.25) is 4.79 Å². The maximum absolute atomic E-state index is 11.8. The number of amides is 1. The van der Waals surface area contributed by atoms with Crippen LogP contribution in [0, 0.1) is 13.8 Å². The van der Waals surface area contributed by atoms with Gasteiger partial charge in [0.15, 0.2) is 5.96 Å². The number of nitrogens with one attached hydrogen (secondary N) is 2. The summed E-state index contributed by atoms with van der Waals surface area (Å²) in [6.07, 6.45) is 2.57. The van der Waals surface area contributed by atoms with Crippen molar-refractivity contribution < 1.29 is 4.79 Å². The maximum atomic E-state index is 11.8. The van der Waals surface area contributed by atoms with Gasteiger partial charge in [-0.05, 0) is 38.3 Å². The fourth-order valence-corrected chi connectivity index (χ4v) is 4.22. The maximum Gasteiger partial charge on any atom is 0.222 e. The van der Waals surface area contributed by atoms with Crippen LogP contribution in [0.15, 0.2) is 29.3 Å². The second kappa shape index (κ2) is 12.2. The lowest BCUT2D eigenvalue weighted by Crippen LogP contribution is -2.38. The van der Waals surface area contributed by atoms with Crippen LogP contribution in [0.2, 0.25) is 0 Å². The molecule has 0 aliphatic carbocycles. The zero-order valence-electron chi connectivity index (χ0n) is 18.0. The summed E-state index contributed by atoms with van der Waals surface area (Å²) >= 11 is 1.77. The van der Waals surface area contributed by atoms with Gasteiger partial charge in [-0.2, -0.15) is 0 Å². The van der Waals surface area contributed by atoms with Crippen LogP contribution in [0.25, 0.3) is 0 Å².